The molecule has 0 bridgehead atoms. The Morgan fingerprint density at radius 1 is 0.208 bits per heavy atom. The first kappa shape index (κ1) is 67.7. The molecule has 0 atom stereocenters. The number of aromatic nitrogens is 9. The molecule has 10 nitrogen and oxygen atoms in total. The van der Waals surface area contributed by atoms with E-state index >= 15 is 0 Å². The Hall–Kier alpha value is -15.6. The molecular weight excluding hydrogens is 1500 g/mol. The zero-order valence-corrected chi connectivity index (χ0v) is 65.8. The predicted molar refractivity (Wildman–Crippen MR) is 504 cm³/mol. The van der Waals surface area contributed by atoms with E-state index in [9.17, 15) is 0 Å². The third-order valence-corrected chi connectivity index (χ3v) is 26.4. The molecule has 120 heavy (non-hydrogen) atoms. The molecule has 0 saturated heterocycles. The molecule has 0 N–H and O–H groups in total. The van der Waals surface area contributed by atoms with E-state index in [1.54, 1.807) is 0 Å². The van der Waals surface area contributed by atoms with Crippen molar-refractivity contribution in [3.05, 3.63) is 382 Å². The molecule has 27 aromatic rings. The Balaban J connectivity index is 0.0000000997. The molecule has 27 rings (SSSR count). The lowest BCUT2D eigenvalue weighted by molar-refractivity contribution is 0.673. The fourth-order valence-electron chi connectivity index (χ4n) is 18.6. The molecule has 0 aliphatic rings. The Labute approximate surface area is 692 Å². The van der Waals surface area contributed by atoms with Crippen LogP contribution in [0, 0.1) is 0 Å². The number of nitrogens with zero attached hydrogens (tertiary/aromatic N) is 9. The summed E-state index contributed by atoms with van der Waals surface area (Å²) in [4.78, 5) is 31.0. The number of thiophene rings is 2. The average molecular weight is 1570 g/mol. The zero-order valence-electron chi connectivity index (χ0n) is 64.1. The van der Waals surface area contributed by atoms with E-state index in [4.69, 9.17) is 34.3 Å². The summed E-state index contributed by atoms with van der Waals surface area (Å²) in [6.45, 7) is 0. The van der Waals surface area contributed by atoms with Crippen molar-refractivity contribution >= 4 is 215 Å². The predicted octanol–water partition coefficient (Wildman–Crippen LogP) is 29.3. The SMILES string of the molecule is c1ccc(-c2nc(-n3c4ccccc4c4c5c(ccc43)sc3c4ccccc4ccc35)nc3ccccc23)cc1.c1ccc(-c2nc(-n3c4ccccc4c4cc5c(cc43)oc3c4ccccc4ccc53)nc3ccccc23)cc1.c1ccc(-c2nc(-n3c4ccccc4c4cc5c(cc43)sc3c4ccccc4ccc53)nc3ccccc23)cc1. The molecule has 9 heterocycles. The quantitative estimate of drug-likeness (QED) is 0.163. The van der Waals surface area contributed by atoms with Gasteiger partial charge in [-0.2, -0.15) is 0 Å². The molecule has 0 aliphatic carbocycles. The van der Waals surface area contributed by atoms with E-state index in [2.05, 4.69) is 341 Å². The molecule has 0 amide bonds. The van der Waals surface area contributed by atoms with Gasteiger partial charge in [-0.3, -0.25) is 13.7 Å². The lowest BCUT2D eigenvalue weighted by Crippen LogP contribution is -2.03. The number of hydrogen-bond acceptors (Lipinski definition) is 9. The molecule has 0 unspecified atom stereocenters. The topological polar surface area (TPSA) is 105 Å². The second-order valence-corrected chi connectivity index (χ2v) is 32.8. The van der Waals surface area contributed by atoms with Crippen LogP contribution in [0.2, 0.25) is 0 Å². The van der Waals surface area contributed by atoms with Crippen LogP contribution in [0.25, 0.3) is 244 Å². The van der Waals surface area contributed by atoms with Gasteiger partial charge in [-0.1, -0.05) is 303 Å². The van der Waals surface area contributed by atoms with Gasteiger partial charge in [-0.25, -0.2) is 29.9 Å². The van der Waals surface area contributed by atoms with Gasteiger partial charge in [0.25, 0.3) is 0 Å². The van der Waals surface area contributed by atoms with Crippen molar-refractivity contribution < 1.29 is 4.42 Å². The van der Waals surface area contributed by atoms with E-state index in [-0.39, 0.29) is 0 Å². The van der Waals surface area contributed by atoms with E-state index in [0.29, 0.717) is 17.8 Å². The van der Waals surface area contributed by atoms with Crippen LogP contribution in [0.3, 0.4) is 0 Å². The van der Waals surface area contributed by atoms with Crippen LogP contribution >= 0.6 is 22.7 Å². The van der Waals surface area contributed by atoms with Crippen molar-refractivity contribution in [3.8, 4) is 51.6 Å². The summed E-state index contributed by atoms with van der Waals surface area (Å²) >= 11 is 3.75. The van der Waals surface area contributed by atoms with Crippen molar-refractivity contribution in [1.29, 1.82) is 0 Å². The van der Waals surface area contributed by atoms with Gasteiger partial charge in [0.15, 0.2) is 0 Å². The largest absolute Gasteiger partial charge is 0.455 e. The van der Waals surface area contributed by atoms with Gasteiger partial charge >= 0.3 is 0 Å². The standard InChI is InChI=1S/C36H21N3O.2C36H21N3S/c2*1-2-11-23(12-3-1)34-27-15-6-8-16-30(27)37-36(38-34)39-31-17-9-7-14-25(31)28-20-29-26-19-18-22-10-4-5-13-24(22)35(26)40-33(29)21-32(28)39;1-2-11-23(12-3-1)34-25-14-6-8-16-28(25)37-36(38-34)39-29-17-9-7-15-26(29)32-30(39)20-21-31-33(32)27-19-18-22-10-4-5-13-24(22)35(27)40-31/h3*1-21H. The van der Waals surface area contributed by atoms with Gasteiger partial charge in [0.05, 0.1) is 66.7 Å². The Morgan fingerprint density at radius 3 is 1.10 bits per heavy atom. The highest BCUT2D eigenvalue weighted by Crippen LogP contribution is 2.48. The molecule has 0 fully saturated rings. The molecule has 0 aliphatic heterocycles. The van der Waals surface area contributed by atoms with Crippen molar-refractivity contribution in [3.63, 3.8) is 0 Å². The third kappa shape index (κ3) is 10.6. The fourth-order valence-corrected chi connectivity index (χ4v) is 21.1. The second-order valence-electron chi connectivity index (χ2n) is 30.7. The molecule has 18 aromatic carbocycles. The van der Waals surface area contributed by atoms with Crippen LogP contribution in [-0.4, -0.2) is 43.6 Å². The summed E-state index contributed by atoms with van der Waals surface area (Å²) in [6, 6.07) is 134. The molecule has 0 spiro atoms. The Bertz CT molecular complexity index is 8600. The normalized spacial score (nSPS) is 12.0. The molecule has 12 heteroatoms. The average Bonchev–Trinajstić information content (AvgIpc) is 1.56. The first-order chi connectivity index (χ1) is 59.5. The van der Waals surface area contributed by atoms with Gasteiger partial charge in [0.2, 0.25) is 17.8 Å². The zero-order chi connectivity index (χ0) is 78.6. The maximum Gasteiger partial charge on any atom is 0.235 e. The van der Waals surface area contributed by atoms with Crippen molar-refractivity contribution in [1.82, 2.24) is 43.6 Å². The monoisotopic (exact) mass is 1570 g/mol. The van der Waals surface area contributed by atoms with Gasteiger partial charge in [-0.05, 0) is 99.7 Å². The number of para-hydroxylation sites is 6. The van der Waals surface area contributed by atoms with Crippen LogP contribution in [0.15, 0.2) is 387 Å². The molecule has 9 aromatic heterocycles. The van der Waals surface area contributed by atoms with E-state index in [0.717, 1.165) is 138 Å². The summed E-state index contributed by atoms with van der Waals surface area (Å²) < 4.78 is 18.5. The van der Waals surface area contributed by atoms with Gasteiger partial charge in [0.1, 0.15) is 11.2 Å². The first-order valence-corrected chi connectivity index (χ1v) is 41.9. The fraction of sp³-hybridized carbons (Fsp3) is 0. The van der Waals surface area contributed by atoms with Gasteiger partial charge < -0.3 is 4.42 Å². The summed E-state index contributed by atoms with van der Waals surface area (Å²) in [5, 5.41) is 25.3. The minimum Gasteiger partial charge on any atom is -0.455 e. The number of furan rings is 1. The molecular formula is C108H63N9OS2. The summed E-state index contributed by atoms with van der Waals surface area (Å²) in [5.74, 6) is 2.02. The highest BCUT2D eigenvalue weighted by Gasteiger charge is 2.26. The summed E-state index contributed by atoms with van der Waals surface area (Å²) in [5.41, 5.74) is 17.2. The minimum absolute atomic E-state index is 0.643. The van der Waals surface area contributed by atoms with Crippen molar-refractivity contribution in [2.75, 3.05) is 0 Å². The van der Waals surface area contributed by atoms with Crippen LogP contribution in [0.5, 0.6) is 0 Å². The van der Waals surface area contributed by atoms with E-state index in [1.807, 2.05) is 77.3 Å². The van der Waals surface area contributed by atoms with Crippen molar-refractivity contribution in [2.45, 2.75) is 0 Å². The number of benzene rings is 18. The smallest absolute Gasteiger partial charge is 0.235 e. The minimum atomic E-state index is 0.643. The van der Waals surface area contributed by atoms with Crippen LogP contribution in [0.4, 0.5) is 0 Å². The Kier molecular flexibility index (Phi) is 15.2. The van der Waals surface area contributed by atoms with E-state index in [1.165, 1.54) is 88.8 Å². The lowest BCUT2D eigenvalue weighted by atomic mass is 10.0. The van der Waals surface area contributed by atoms with Gasteiger partial charge in [-0.15, -0.1) is 22.7 Å². The second kappa shape index (κ2) is 27.0. The van der Waals surface area contributed by atoms with Crippen molar-refractivity contribution in [2.24, 2.45) is 0 Å². The van der Waals surface area contributed by atoms with E-state index < -0.39 is 0 Å². The first-order valence-electron chi connectivity index (χ1n) is 40.3. The summed E-state index contributed by atoms with van der Waals surface area (Å²) in [7, 11) is 0. The van der Waals surface area contributed by atoms with Crippen LogP contribution in [-0.2, 0) is 0 Å². The number of fused-ring (bicyclic) bond motifs is 28. The molecule has 0 radical (unpaired) electrons. The molecule has 558 valence electrons. The maximum absolute atomic E-state index is 6.57. The summed E-state index contributed by atoms with van der Waals surface area (Å²) in [6.07, 6.45) is 0. The highest BCUT2D eigenvalue weighted by molar-refractivity contribution is 7.27. The third-order valence-electron chi connectivity index (χ3n) is 24.0. The highest BCUT2D eigenvalue weighted by atomic mass is 32.1. The number of hydrogen-bond donors (Lipinski definition) is 0. The van der Waals surface area contributed by atoms with Gasteiger partial charge in [0, 0.05) is 128 Å². The van der Waals surface area contributed by atoms with Crippen LogP contribution in [0.1, 0.15) is 0 Å². The lowest BCUT2D eigenvalue weighted by Gasteiger charge is -2.11. The maximum atomic E-state index is 6.57. The molecule has 0 saturated carbocycles. The number of rotatable bonds is 6. The Morgan fingerprint density at radius 2 is 0.583 bits per heavy atom. The van der Waals surface area contributed by atoms with Crippen LogP contribution < -0.4 is 0 Å².